The quantitative estimate of drug-likeness (QED) is 0.356. The minimum Gasteiger partial charge on any atom is -0.347 e. The van der Waals surface area contributed by atoms with Gasteiger partial charge in [-0.25, -0.2) is 4.98 Å². The summed E-state index contributed by atoms with van der Waals surface area (Å²) < 4.78 is 1.49. The molecular formula is C27H24N6O3. The Kier molecular flexibility index (Phi) is 6.61. The van der Waals surface area contributed by atoms with Crippen molar-refractivity contribution in [3.63, 3.8) is 0 Å². The number of ketones is 1. The van der Waals surface area contributed by atoms with Gasteiger partial charge in [0.05, 0.1) is 11.9 Å². The summed E-state index contributed by atoms with van der Waals surface area (Å²) in [5, 5.41) is 14.0. The molecule has 2 aromatic heterocycles. The van der Waals surface area contributed by atoms with Crippen LogP contribution in [-0.4, -0.2) is 49.4 Å². The third-order valence-electron chi connectivity index (χ3n) is 5.88. The fraction of sp³-hybridized carbons (Fsp3) is 0.185. The van der Waals surface area contributed by atoms with Crippen LogP contribution in [0.5, 0.6) is 0 Å². The highest BCUT2D eigenvalue weighted by molar-refractivity contribution is 6.38. The Bertz CT molecular complexity index is 1370. The summed E-state index contributed by atoms with van der Waals surface area (Å²) in [4.78, 5) is 42.8. The molecule has 0 unspecified atom stereocenters. The van der Waals surface area contributed by atoms with Crippen molar-refractivity contribution >= 4 is 17.6 Å². The van der Waals surface area contributed by atoms with Crippen LogP contribution >= 0.6 is 0 Å². The molecule has 2 aromatic carbocycles. The molecule has 180 valence electrons. The molecule has 0 bridgehead atoms. The molecule has 2 amide bonds. The van der Waals surface area contributed by atoms with Crippen LogP contribution in [0.25, 0.3) is 17.1 Å². The van der Waals surface area contributed by atoms with E-state index in [1.807, 2.05) is 66.7 Å². The van der Waals surface area contributed by atoms with Crippen molar-refractivity contribution in [1.82, 2.24) is 30.4 Å². The summed E-state index contributed by atoms with van der Waals surface area (Å²) >= 11 is 0. The number of benzene rings is 2. The van der Waals surface area contributed by atoms with Crippen LogP contribution in [0.15, 0.2) is 85.3 Å². The fourth-order valence-electron chi connectivity index (χ4n) is 3.80. The number of nitrogens with one attached hydrogen (secondary N) is 2. The van der Waals surface area contributed by atoms with Gasteiger partial charge < -0.3 is 10.6 Å². The van der Waals surface area contributed by atoms with E-state index < -0.39 is 23.6 Å². The van der Waals surface area contributed by atoms with Crippen molar-refractivity contribution in [2.45, 2.75) is 31.3 Å². The van der Waals surface area contributed by atoms with Crippen molar-refractivity contribution in [2.75, 3.05) is 0 Å². The summed E-state index contributed by atoms with van der Waals surface area (Å²) in [6, 6.07) is 21.4. The van der Waals surface area contributed by atoms with Gasteiger partial charge in [0.1, 0.15) is 18.1 Å². The molecule has 2 heterocycles. The van der Waals surface area contributed by atoms with Gasteiger partial charge in [-0.15, -0.1) is 10.2 Å². The topological polar surface area (TPSA) is 119 Å². The number of hydrogen-bond acceptors (Lipinski definition) is 6. The minimum absolute atomic E-state index is 0.0355. The predicted molar refractivity (Wildman–Crippen MR) is 132 cm³/mol. The predicted octanol–water partition coefficient (Wildman–Crippen LogP) is 2.52. The van der Waals surface area contributed by atoms with Gasteiger partial charge in [0, 0.05) is 18.0 Å². The number of imidazole rings is 1. The number of aromatic nitrogens is 4. The molecule has 0 saturated heterocycles. The lowest BCUT2D eigenvalue weighted by molar-refractivity contribution is -0.139. The van der Waals surface area contributed by atoms with E-state index in [0.717, 1.165) is 24.0 Å². The summed E-state index contributed by atoms with van der Waals surface area (Å²) in [6.07, 6.45) is 4.74. The van der Waals surface area contributed by atoms with Crippen LogP contribution in [0.3, 0.4) is 0 Å². The van der Waals surface area contributed by atoms with Gasteiger partial charge in [-0.2, -0.15) is 0 Å². The maximum atomic E-state index is 13.2. The zero-order valence-corrected chi connectivity index (χ0v) is 19.4. The maximum absolute atomic E-state index is 13.2. The number of carbonyl (C=O) groups excluding carboxylic acids is 3. The Morgan fingerprint density at radius 3 is 2.31 bits per heavy atom. The highest BCUT2D eigenvalue weighted by Gasteiger charge is 2.32. The van der Waals surface area contributed by atoms with Gasteiger partial charge in [0.25, 0.3) is 11.8 Å². The lowest BCUT2D eigenvalue weighted by Crippen LogP contribution is -2.49. The molecule has 1 saturated carbocycles. The third kappa shape index (κ3) is 5.35. The summed E-state index contributed by atoms with van der Waals surface area (Å²) in [7, 11) is 0. The monoisotopic (exact) mass is 480 g/mol. The highest BCUT2D eigenvalue weighted by Crippen LogP contribution is 2.19. The smallest absolute Gasteiger partial charge is 0.289 e. The van der Waals surface area contributed by atoms with Gasteiger partial charge in [-0.05, 0) is 30.5 Å². The van der Waals surface area contributed by atoms with Crippen molar-refractivity contribution < 1.29 is 14.4 Å². The molecule has 2 N–H and O–H groups in total. The second-order valence-corrected chi connectivity index (χ2v) is 8.62. The van der Waals surface area contributed by atoms with Crippen LogP contribution < -0.4 is 10.6 Å². The molecule has 9 heteroatoms. The lowest BCUT2D eigenvalue weighted by Gasteiger charge is -2.18. The molecule has 0 radical (unpaired) electrons. The number of rotatable bonds is 9. The molecule has 0 aliphatic heterocycles. The molecule has 1 atom stereocenters. The van der Waals surface area contributed by atoms with Crippen molar-refractivity contribution in [3.8, 4) is 17.1 Å². The number of hydrogen-bond donors (Lipinski definition) is 2. The number of carbonyl (C=O) groups is 3. The number of amides is 2. The highest BCUT2D eigenvalue weighted by atomic mass is 16.2. The SMILES string of the molecule is O=C(NC1CC1)C(=O)[C@H](Cc1ccccc1)NC(=O)c1cncn1-c1ccc(-c2ccccc2)nn1. The van der Waals surface area contributed by atoms with Crippen molar-refractivity contribution in [1.29, 1.82) is 0 Å². The van der Waals surface area contributed by atoms with Gasteiger partial charge in [0.15, 0.2) is 5.82 Å². The number of Topliss-reactive ketones (excluding diaryl/α,β-unsaturated/α-hetero) is 1. The van der Waals surface area contributed by atoms with Crippen molar-refractivity contribution in [3.05, 3.63) is 96.6 Å². The van der Waals surface area contributed by atoms with Gasteiger partial charge in [0.2, 0.25) is 5.78 Å². The molecule has 1 fully saturated rings. The minimum atomic E-state index is -1.03. The second-order valence-electron chi connectivity index (χ2n) is 8.62. The molecule has 5 rings (SSSR count). The van der Waals surface area contributed by atoms with Crippen LogP contribution in [0, 0.1) is 0 Å². The Labute approximate surface area is 207 Å². The lowest BCUT2D eigenvalue weighted by atomic mass is 10.0. The van der Waals surface area contributed by atoms with Crippen LogP contribution in [0.2, 0.25) is 0 Å². The van der Waals surface area contributed by atoms with Gasteiger partial charge >= 0.3 is 0 Å². The zero-order chi connectivity index (χ0) is 24.9. The Balaban J connectivity index is 1.35. The van der Waals surface area contributed by atoms with Crippen molar-refractivity contribution in [2.24, 2.45) is 0 Å². The summed E-state index contributed by atoms with van der Waals surface area (Å²) in [6.45, 7) is 0. The van der Waals surface area contributed by atoms with E-state index in [2.05, 4.69) is 25.8 Å². The molecule has 1 aliphatic carbocycles. The average molecular weight is 481 g/mol. The van der Waals surface area contributed by atoms with E-state index in [9.17, 15) is 14.4 Å². The Morgan fingerprint density at radius 2 is 1.64 bits per heavy atom. The van der Waals surface area contributed by atoms with Crippen LogP contribution in [0.1, 0.15) is 28.9 Å². The van der Waals surface area contributed by atoms with E-state index >= 15 is 0 Å². The third-order valence-corrected chi connectivity index (χ3v) is 5.88. The Morgan fingerprint density at radius 1 is 0.917 bits per heavy atom. The molecule has 36 heavy (non-hydrogen) atoms. The average Bonchev–Trinajstić information content (AvgIpc) is 3.59. The van der Waals surface area contributed by atoms with Crippen LogP contribution in [0.4, 0.5) is 0 Å². The molecule has 9 nitrogen and oxygen atoms in total. The Hall–Kier alpha value is -4.66. The first-order valence-corrected chi connectivity index (χ1v) is 11.7. The second kappa shape index (κ2) is 10.3. The van der Waals surface area contributed by atoms with Gasteiger partial charge in [-0.3, -0.25) is 19.0 Å². The molecular weight excluding hydrogens is 456 g/mol. The van der Waals surface area contributed by atoms with E-state index in [1.165, 1.54) is 17.1 Å². The first-order valence-electron chi connectivity index (χ1n) is 11.7. The zero-order valence-electron chi connectivity index (χ0n) is 19.4. The van der Waals surface area contributed by atoms with E-state index in [4.69, 9.17) is 0 Å². The maximum Gasteiger partial charge on any atom is 0.289 e. The fourth-order valence-corrected chi connectivity index (χ4v) is 3.80. The first kappa shape index (κ1) is 23.1. The molecule has 1 aliphatic rings. The summed E-state index contributed by atoms with van der Waals surface area (Å²) in [5.41, 5.74) is 2.61. The van der Waals surface area contributed by atoms with E-state index in [1.54, 1.807) is 6.07 Å². The van der Waals surface area contributed by atoms with Crippen LogP contribution in [-0.2, 0) is 16.0 Å². The summed E-state index contributed by atoms with van der Waals surface area (Å²) in [5.74, 6) is -1.52. The normalized spacial score (nSPS) is 13.6. The first-order chi connectivity index (χ1) is 17.6. The van der Waals surface area contributed by atoms with E-state index in [0.29, 0.717) is 11.5 Å². The molecule has 4 aromatic rings. The molecule has 0 spiro atoms. The standard InChI is InChI=1S/C27H24N6O3/c34-25(27(36)29-20-11-12-20)22(15-18-7-3-1-4-8-18)30-26(35)23-16-28-17-33(23)24-14-13-21(31-32-24)19-9-5-2-6-10-19/h1-10,13-14,16-17,20,22H,11-12,15H2,(H,29,36)(H,30,35)/t22-/m0/s1. The largest absolute Gasteiger partial charge is 0.347 e. The van der Waals surface area contributed by atoms with Gasteiger partial charge in [-0.1, -0.05) is 60.7 Å². The number of nitrogens with zero attached hydrogens (tertiary/aromatic N) is 4. The van der Waals surface area contributed by atoms with E-state index in [-0.39, 0.29) is 18.2 Å².